The molecule has 0 unspecified atom stereocenters. The smallest absolute Gasteiger partial charge is 0.394 e. The van der Waals surface area contributed by atoms with E-state index in [1.165, 1.54) is 167 Å². The van der Waals surface area contributed by atoms with Gasteiger partial charge in [-0.15, -0.1) is 0 Å². The third-order valence-corrected chi connectivity index (χ3v) is 12.5. The maximum atomic E-state index is 13.1. The van der Waals surface area contributed by atoms with Crippen LogP contribution in [0.3, 0.4) is 0 Å². The summed E-state index contributed by atoms with van der Waals surface area (Å²) in [5, 5.41) is 44.7. The number of carbonyl (C=O) groups is 1. The third kappa shape index (κ3) is 33.3. The van der Waals surface area contributed by atoms with Crippen molar-refractivity contribution in [1.82, 2.24) is 11.5 Å². The van der Waals surface area contributed by atoms with Crippen molar-refractivity contribution >= 4 is 16.3 Å². The Hall–Kier alpha value is -1.20. The first-order valence-electron chi connectivity index (χ1n) is 25.1. The van der Waals surface area contributed by atoms with Crippen LogP contribution in [0.5, 0.6) is 0 Å². The van der Waals surface area contributed by atoms with Gasteiger partial charge in [-0.3, -0.25) is 9.35 Å². The van der Waals surface area contributed by atoms with Gasteiger partial charge in [-0.2, -0.15) is 8.42 Å². The van der Waals surface area contributed by atoms with E-state index in [1.807, 2.05) is 6.08 Å². The van der Waals surface area contributed by atoms with Crippen molar-refractivity contribution < 1.29 is 51.8 Å². The summed E-state index contributed by atoms with van der Waals surface area (Å²) in [6.07, 6.45) is 35.4. The van der Waals surface area contributed by atoms with Crippen molar-refractivity contribution in [3.8, 4) is 0 Å². The fourth-order valence-electron chi connectivity index (χ4n) is 8.16. The van der Waals surface area contributed by atoms with Crippen molar-refractivity contribution in [2.24, 2.45) is 0 Å². The Morgan fingerprint density at radius 3 is 1.42 bits per heavy atom. The van der Waals surface area contributed by atoms with Gasteiger partial charge in [0.2, 0.25) is 5.91 Å². The summed E-state index contributed by atoms with van der Waals surface area (Å²) in [5.74, 6) is -0.259. The number of hydrogen-bond donors (Lipinski definition) is 7. The number of ether oxygens (including phenoxy) is 2. The molecule has 0 aromatic heterocycles. The Morgan fingerprint density at radius 2 is 1.03 bits per heavy atom. The fraction of sp³-hybridized carbons (Fsp3) is 0.938. The number of aliphatic hydroxyl groups excluding tert-OH is 4. The van der Waals surface area contributed by atoms with E-state index >= 15 is 0 Å². The van der Waals surface area contributed by atoms with Crippen LogP contribution in [0.25, 0.3) is 0 Å². The summed E-state index contributed by atoms with van der Waals surface area (Å²) in [7, 11) is -5.08. The van der Waals surface area contributed by atoms with Crippen LogP contribution in [0.1, 0.15) is 232 Å². The molecule has 1 aliphatic heterocycles. The monoisotopic (exact) mass is 909 g/mol. The molecule has 1 rings (SSSR count). The lowest BCUT2D eigenvalue weighted by atomic mass is 9.99. The first kappa shape index (κ1) is 60.8. The molecule has 0 bridgehead atoms. The van der Waals surface area contributed by atoms with Crippen LogP contribution >= 0.6 is 0 Å². The minimum absolute atomic E-state index is 0. The van der Waals surface area contributed by atoms with Gasteiger partial charge in [-0.25, -0.2) is 4.18 Å². The molecule has 1 saturated heterocycles. The highest BCUT2D eigenvalue weighted by atomic mass is 32.3. The maximum Gasteiger partial charge on any atom is 0.397 e. The first-order chi connectivity index (χ1) is 29.5. The van der Waals surface area contributed by atoms with E-state index in [9.17, 15) is 38.2 Å². The number of amides is 1. The highest BCUT2D eigenvalue weighted by Gasteiger charge is 2.48. The van der Waals surface area contributed by atoms with Crippen LogP contribution in [-0.2, 0) is 28.9 Å². The van der Waals surface area contributed by atoms with E-state index in [0.29, 0.717) is 6.42 Å². The quantitative estimate of drug-likeness (QED) is 0.0172. The lowest BCUT2D eigenvalue weighted by Gasteiger charge is -2.41. The lowest BCUT2D eigenvalue weighted by molar-refractivity contribution is -0.298. The molecule has 13 nitrogen and oxygen atoms in total. The molecule has 14 heteroatoms. The summed E-state index contributed by atoms with van der Waals surface area (Å²) in [5.41, 5.74) is 0. The summed E-state index contributed by atoms with van der Waals surface area (Å²) < 4.78 is 47.6. The molecule has 370 valence electrons. The van der Waals surface area contributed by atoms with Gasteiger partial charge in [0.25, 0.3) is 0 Å². The van der Waals surface area contributed by atoms with Gasteiger partial charge < -0.3 is 41.4 Å². The Morgan fingerprint density at radius 1 is 0.645 bits per heavy atom. The molecule has 0 aromatic rings. The molecule has 0 aromatic carbocycles. The van der Waals surface area contributed by atoms with Gasteiger partial charge in [0.05, 0.1) is 25.4 Å². The van der Waals surface area contributed by atoms with Gasteiger partial charge in [0, 0.05) is 6.42 Å². The summed E-state index contributed by atoms with van der Waals surface area (Å²) in [4.78, 5) is 13.1. The zero-order valence-corrected chi connectivity index (χ0v) is 40.3. The van der Waals surface area contributed by atoms with E-state index in [2.05, 4.69) is 23.3 Å². The Kier molecular flexibility index (Phi) is 40.4. The number of aliphatic hydroxyl groups is 4. The second-order valence-corrected chi connectivity index (χ2v) is 18.8. The zero-order valence-electron chi connectivity index (χ0n) is 39.5. The number of hydrogen-bond acceptors (Lipinski definition) is 11. The minimum atomic E-state index is -5.08. The molecule has 7 atom stereocenters. The van der Waals surface area contributed by atoms with Gasteiger partial charge in [0.1, 0.15) is 24.4 Å². The second kappa shape index (κ2) is 41.2. The summed E-state index contributed by atoms with van der Waals surface area (Å²) >= 11 is 0. The maximum absolute atomic E-state index is 13.1. The van der Waals surface area contributed by atoms with Gasteiger partial charge in [0.15, 0.2) is 6.29 Å². The largest absolute Gasteiger partial charge is 0.397 e. The molecule has 1 fully saturated rings. The highest BCUT2D eigenvalue weighted by molar-refractivity contribution is 7.80. The number of carbonyl (C=O) groups excluding carboxylic acids is 1. The number of rotatable bonds is 43. The molecular weight excluding hydrogens is 813 g/mol. The average molecular weight is 909 g/mol. The fourth-order valence-corrected chi connectivity index (χ4v) is 8.67. The first-order valence-corrected chi connectivity index (χ1v) is 26.4. The summed E-state index contributed by atoms with van der Waals surface area (Å²) in [6.45, 7) is 3.40. The Bertz CT molecular complexity index is 1150. The van der Waals surface area contributed by atoms with Crippen LogP contribution in [0.4, 0.5) is 0 Å². The Balaban J connectivity index is 0.0000372. The molecule has 9 N–H and O–H groups in total. The van der Waals surface area contributed by atoms with Crippen molar-refractivity contribution in [3.63, 3.8) is 0 Å². The molecule has 0 saturated carbocycles. The van der Waals surface area contributed by atoms with Gasteiger partial charge in [-0.05, 0) is 19.3 Å². The molecule has 1 amide bonds. The van der Waals surface area contributed by atoms with Crippen LogP contribution in [0.2, 0.25) is 0 Å². The van der Waals surface area contributed by atoms with Crippen LogP contribution in [0, 0.1) is 0 Å². The van der Waals surface area contributed by atoms with E-state index in [4.69, 9.17) is 9.47 Å². The van der Waals surface area contributed by atoms with Gasteiger partial charge >= 0.3 is 10.4 Å². The minimum Gasteiger partial charge on any atom is -0.394 e. The topological polar surface area (TPSA) is 227 Å². The van der Waals surface area contributed by atoms with Crippen molar-refractivity contribution in [1.29, 1.82) is 0 Å². The average Bonchev–Trinajstić information content (AvgIpc) is 3.23. The van der Waals surface area contributed by atoms with E-state index < -0.39 is 59.9 Å². The van der Waals surface area contributed by atoms with Gasteiger partial charge in [-0.1, -0.05) is 219 Å². The van der Waals surface area contributed by atoms with Crippen LogP contribution in [0.15, 0.2) is 12.2 Å². The number of allylic oxidation sites excluding steroid dienone is 1. The SMILES string of the molecule is CCCCCCCCCCCCC/C=C/[C@@H](O)[C@H](CO[C@@H]1O[C@H](CO)[C@H](O)[C@H](OS(=O)(=O)O)[C@H]1O)NC(=O)CCCCCCCCCCCCCCCCCCCCCCC.N. The molecule has 1 aliphatic rings. The van der Waals surface area contributed by atoms with E-state index in [1.54, 1.807) is 6.08 Å². The molecule has 0 aliphatic carbocycles. The van der Waals surface area contributed by atoms with E-state index in [0.717, 1.165) is 38.5 Å². The second-order valence-electron chi connectivity index (χ2n) is 17.8. The van der Waals surface area contributed by atoms with E-state index in [-0.39, 0.29) is 25.1 Å². The van der Waals surface area contributed by atoms with Crippen LogP contribution in [-0.4, -0.2) is 95.4 Å². The number of nitrogens with one attached hydrogen (secondary N) is 1. The number of unbranched alkanes of at least 4 members (excludes halogenated alkanes) is 31. The molecule has 0 radical (unpaired) electrons. The lowest BCUT2D eigenvalue weighted by Crippen LogP contribution is -2.61. The predicted molar refractivity (Wildman–Crippen MR) is 251 cm³/mol. The highest BCUT2D eigenvalue weighted by Crippen LogP contribution is 2.26. The normalized spacial score (nSPS) is 20.3. The molecular formula is C48H96N2O11S. The Labute approximate surface area is 378 Å². The van der Waals surface area contributed by atoms with Crippen LogP contribution < -0.4 is 11.5 Å². The zero-order chi connectivity index (χ0) is 44.8. The molecule has 1 heterocycles. The van der Waals surface area contributed by atoms with Crippen molar-refractivity contribution in [2.45, 2.75) is 275 Å². The molecule has 0 spiro atoms. The summed E-state index contributed by atoms with van der Waals surface area (Å²) in [6, 6.07) is -0.938. The third-order valence-electron chi connectivity index (χ3n) is 12.1. The molecule has 62 heavy (non-hydrogen) atoms. The van der Waals surface area contributed by atoms with Crippen molar-refractivity contribution in [3.05, 3.63) is 12.2 Å². The predicted octanol–water partition coefficient (Wildman–Crippen LogP) is 10.5. The van der Waals surface area contributed by atoms with Crippen molar-refractivity contribution in [2.75, 3.05) is 13.2 Å². The standard InChI is InChI=1S/C48H93NO11S.H3N/c1-3-5-7-9-11-13-15-17-18-19-20-21-22-23-24-26-28-30-32-34-36-38-44(52)49-41(42(51)37-35-33-31-29-27-25-16-14-12-10-8-6-4-2)40-58-48-46(54)47(60-61(55,56)57)45(53)43(39-50)59-48;/h35,37,41-43,45-48,50-51,53-54H,3-34,36,38-40H2,1-2H3,(H,49,52)(H,55,56,57);1H3/b37-35+;/t41-,42+,43+,45-,46+,47-,48+;/m0./s1.